The van der Waals surface area contributed by atoms with Crippen LogP contribution in [-0.4, -0.2) is 38.3 Å². The van der Waals surface area contributed by atoms with Crippen LogP contribution >= 0.6 is 48.0 Å². The Morgan fingerprint density at radius 3 is 1.78 bits per heavy atom. The number of ether oxygens (including phenoxy) is 2. The largest absolute Gasteiger partial charge is 0.479 e. The smallest absolute Gasteiger partial charge is 0.220 e. The fraction of sp³-hybridized carbons (Fsp3) is 0.550. The summed E-state index contributed by atoms with van der Waals surface area (Å²) in [5.74, 6) is 0.164. The molecule has 0 heterocycles. The number of carbonyl (C=O) groups excluding carboxylic acids is 1. The number of thioether (sulfide) groups is 2. The van der Waals surface area contributed by atoms with Crippen LogP contribution in [0.15, 0.2) is 24.3 Å². The number of hydrogen-bond acceptors (Lipinski definition) is 7. The standard InChI is InChI=1S/C20H26O3S4/c1-6-22-18(24)26-16-14(17(15(16)21)27-19(25)23-7-2)12-8-10-13(11-9-12)20(3,4)5/h8-11,14,16-17H,6-7H2,1-5H3/t14?,16-,17+. The zero-order valence-electron chi connectivity index (χ0n) is 16.3. The van der Waals surface area contributed by atoms with Gasteiger partial charge in [-0.2, -0.15) is 0 Å². The molecule has 148 valence electrons. The monoisotopic (exact) mass is 442 g/mol. The highest BCUT2D eigenvalue weighted by molar-refractivity contribution is 8.25. The molecule has 1 unspecified atom stereocenters. The molecule has 0 bridgehead atoms. The van der Waals surface area contributed by atoms with Gasteiger partial charge in [0, 0.05) is 5.92 Å². The molecule has 3 atom stereocenters. The summed E-state index contributed by atoms with van der Waals surface area (Å²) >= 11 is 13.2. The maximum absolute atomic E-state index is 12.8. The lowest BCUT2D eigenvalue weighted by atomic mass is 9.76. The zero-order chi connectivity index (χ0) is 20.2. The van der Waals surface area contributed by atoms with Crippen LogP contribution in [0.25, 0.3) is 0 Å². The van der Waals surface area contributed by atoms with Crippen LogP contribution in [0.1, 0.15) is 51.7 Å². The Bertz CT molecular complexity index is 664. The summed E-state index contributed by atoms with van der Waals surface area (Å²) in [5, 5.41) is -0.488. The van der Waals surface area contributed by atoms with Crippen molar-refractivity contribution >= 4 is 62.5 Å². The van der Waals surface area contributed by atoms with Crippen molar-refractivity contribution in [3.05, 3.63) is 35.4 Å². The Morgan fingerprint density at radius 2 is 1.41 bits per heavy atom. The van der Waals surface area contributed by atoms with E-state index in [2.05, 4.69) is 45.0 Å². The van der Waals surface area contributed by atoms with E-state index in [-0.39, 0.29) is 27.6 Å². The van der Waals surface area contributed by atoms with Gasteiger partial charge in [-0.25, -0.2) is 0 Å². The van der Waals surface area contributed by atoms with Gasteiger partial charge >= 0.3 is 0 Å². The first-order valence-corrected chi connectivity index (χ1v) is 11.6. The van der Waals surface area contributed by atoms with Gasteiger partial charge in [0.2, 0.25) is 8.77 Å². The van der Waals surface area contributed by atoms with Crippen molar-refractivity contribution in [1.82, 2.24) is 0 Å². The summed E-state index contributed by atoms with van der Waals surface area (Å²) in [6, 6.07) is 8.52. The van der Waals surface area contributed by atoms with Crippen molar-refractivity contribution < 1.29 is 14.3 Å². The van der Waals surface area contributed by atoms with Gasteiger partial charge in [0.25, 0.3) is 0 Å². The molecule has 0 spiro atoms. The first kappa shape index (κ1) is 22.7. The summed E-state index contributed by atoms with van der Waals surface area (Å²) < 4.78 is 11.6. The molecule has 1 aliphatic carbocycles. The van der Waals surface area contributed by atoms with Crippen LogP contribution in [-0.2, 0) is 19.7 Å². The summed E-state index contributed by atoms with van der Waals surface area (Å²) in [5.41, 5.74) is 2.47. The summed E-state index contributed by atoms with van der Waals surface area (Å²) in [6.45, 7) is 11.3. The Hall–Kier alpha value is -0.630. The zero-order valence-corrected chi connectivity index (χ0v) is 19.6. The number of carbonyl (C=O) groups is 1. The van der Waals surface area contributed by atoms with Gasteiger partial charge in [-0.05, 0) is 54.8 Å². The average Bonchev–Trinajstić information content (AvgIpc) is 2.60. The van der Waals surface area contributed by atoms with E-state index in [1.807, 2.05) is 13.8 Å². The van der Waals surface area contributed by atoms with Crippen LogP contribution in [0.2, 0.25) is 0 Å². The first-order chi connectivity index (χ1) is 12.7. The molecule has 0 saturated heterocycles. The molecule has 2 rings (SSSR count). The van der Waals surface area contributed by atoms with Gasteiger partial charge in [0.05, 0.1) is 23.7 Å². The SMILES string of the molecule is CCOC(=S)S[C@@H]1C(=O)[C@H](SC(=S)OCC)C1c1ccc(C(C)(C)C)cc1. The molecule has 0 aromatic heterocycles. The molecule has 27 heavy (non-hydrogen) atoms. The van der Waals surface area contributed by atoms with Gasteiger partial charge < -0.3 is 9.47 Å². The molecule has 0 N–H and O–H groups in total. The van der Waals surface area contributed by atoms with E-state index >= 15 is 0 Å². The molecule has 1 aromatic carbocycles. The lowest BCUT2D eigenvalue weighted by molar-refractivity contribution is -0.123. The number of Topliss-reactive ketones (excluding diaryl/α,β-unsaturated/α-hetero) is 1. The highest BCUT2D eigenvalue weighted by atomic mass is 32.2. The van der Waals surface area contributed by atoms with Crippen LogP contribution < -0.4 is 0 Å². The van der Waals surface area contributed by atoms with Crippen molar-refractivity contribution in [2.75, 3.05) is 13.2 Å². The first-order valence-electron chi connectivity index (χ1n) is 9.00. The van der Waals surface area contributed by atoms with Gasteiger partial charge in [0.15, 0.2) is 5.78 Å². The molecular weight excluding hydrogens is 416 g/mol. The van der Waals surface area contributed by atoms with E-state index in [4.69, 9.17) is 33.9 Å². The molecule has 0 aliphatic heterocycles. The van der Waals surface area contributed by atoms with E-state index in [0.29, 0.717) is 22.0 Å². The maximum atomic E-state index is 12.8. The third-order valence-corrected chi connectivity index (χ3v) is 7.34. The van der Waals surface area contributed by atoms with Gasteiger partial charge in [-0.1, -0.05) is 68.6 Å². The van der Waals surface area contributed by atoms with E-state index in [1.54, 1.807) is 0 Å². The van der Waals surface area contributed by atoms with Crippen molar-refractivity contribution in [2.45, 2.75) is 56.5 Å². The molecule has 1 fully saturated rings. The minimum Gasteiger partial charge on any atom is -0.479 e. The predicted octanol–water partition coefficient (Wildman–Crippen LogP) is 5.50. The fourth-order valence-electron chi connectivity index (χ4n) is 2.88. The number of benzene rings is 1. The second kappa shape index (κ2) is 9.72. The van der Waals surface area contributed by atoms with Crippen molar-refractivity contribution in [3.8, 4) is 0 Å². The van der Waals surface area contributed by atoms with Crippen LogP contribution in [0.4, 0.5) is 0 Å². The Kier molecular flexibility index (Phi) is 8.16. The van der Waals surface area contributed by atoms with Crippen LogP contribution in [0.5, 0.6) is 0 Å². The second-order valence-corrected chi connectivity index (χ2v) is 10.7. The topological polar surface area (TPSA) is 35.5 Å². The second-order valence-electron chi connectivity index (χ2n) is 7.24. The molecule has 0 amide bonds. The molecule has 1 aliphatic rings. The number of rotatable bonds is 5. The average molecular weight is 443 g/mol. The highest BCUT2D eigenvalue weighted by Gasteiger charge is 2.52. The van der Waals surface area contributed by atoms with Crippen LogP contribution in [0.3, 0.4) is 0 Å². The Morgan fingerprint density at radius 1 is 0.963 bits per heavy atom. The molecular formula is C20H26O3S4. The summed E-state index contributed by atoms with van der Waals surface area (Å²) in [6.07, 6.45) is 0. The Balaban J connectivity index is 2.24. The van der Waals surface area contributed by atoms with Crippen molar-refractivity contribution in [2.24, 2.45) is 0 Å². The molecule has 0 radical (unpaired) electrons. The van der Waals surface area contributed by atoms with E-state index in [9.17, 15) is 4.79 Å². The molecule has 1 aromatic rings. The van der Waals surface area contributed by atoms with Gasteiger partial charge in [-0.15, -0.1) is 0 Å². The Labute approximate surface area is 181 Å². The molecule has 1 saturated carbocycles. The van der Waals surface area contributed by atoms with Gasteiger partial charge in [-0.3, -0.25) is 4.79 Å². The number of thiocarbonyl (C=S) groups is 2. The molecule has 7 heteroatoms. The van der Waals surface area contributed by atoms with E-state index in [1.165, 1.54) is 29.1 Å². The van der Waals surface area contributed by atoms with E-state index < -0.39 is 0 Å². The molecule has 3 nitrogen and oxygen atoms in total. The van der Waals surface area contributed by atoms with E-state index in [0.717, 1.165) is 5.56 Å². The quantitative estimate of drug-likeness (QED) is 0.557. The lowest BCUT2D eigenvalue weighted by Gasteiger charge is -2.42. The van der Waals surface area contributed by atoms with Gasteiger partial charge in [0.1, 0.15) is 0 Å². The minimum atomic E-state index is -0.244. The predicted molar refractivity (Wildman–Crippen MR) is 124 cm³/mol. The number of ketones is 1. The fourth-order valence-corrected chi connectivity index (χ4v) is 6.16. The third-order valence-electron chi connectivity index (χ3n) is 4.35. The maximum Gasteiger partial charge on any atom is 0.220 e. The third kappa shape index (κ3) is 5.68. The van der Waals surface area contributed by atoms with Crippen LogP contribution in [0, 0.1) is 0 Å². The lowest BCUT2D eigenvalue weighted by Crippen LogP contribution is -2.51. The summed E-state index contributed by atoms with van der Waals surface area (Å²) in [4.78, 5) is 12.8. The normalized spacial score (nSPS) is 22.1. The minimum absolute atomic E-state index is 0.0262. The highest BCUT2D eigenvalue weighted by Crippen LogP contribution is 2.49. The number of hydrogen-bond donors (Lipinski definition) is 0. The summed E-state index contributed by atoms with van der Waals surface area (Å²) in [7, 11) is 0. The van der Waals surface area contributed by atoms with Crippen molar-refractivity contribution in [1.29, 1.82) is 0 Å². The van der Waals surface area contributed by atoms with Crippen molar-refractivity contribution in [3.63, 3.8) is 0 Å².